The predicted molar refractivity (Wildman–Crippen MR) is 158 cm³/mol. The highest BCUT2D eigenvalue weighted by molar-refractivity contribution is 6.31. The molecular weight excluding hydrogens is 524 g/mol. The van der Waals surface area contributed by atoms with E-state index in [4.69, 9.17) is 26.4 Å². The van der Waals surface area contributed by atoms with Crippen molar-refractivity contribution in [2.45, 2.75) is 33.1 Å². The lowest BCUT2D eigenvalue weighted by Gasteiger charge is -2.39. The minimum atomic E-state index is -0.882. The van der Waals surface area contributed by atoms with Crippen LogP contribution in [0.15, 0.2) is 72.8 Å². The average molecular weight is 555 g/mol. The number of hydrogen-bond donors (Lipinski definition) is 1. The molecule has 3 aliphatic heterocycles. The van der Waals surface area contributed by atoms with E-state index in [9.17, 15) is 9.90 Å². The van der Waals surface area contributed by atoms with Crippen LogP contribution in [0, 0.1) is 12.3 Å². The van der Waals surface area contributed by atoms with Crippen LogP contribution in [0.4, 0.5) is 5.82 Å². The number of anilines is 1. The molecule has 0 spiro atoms. The van der Waals surface area contributed by atoms with Gasteiger partial charge in [0, 0.05) is 46.6 Å². The summed E-state index contributed by atoms with van der Waals surface area (Å²) in [7, 11) is 0. The Morgan fingerprint density at radius 2 is 1.90 bits per heavy atom. The topological polar surface area (TPSA) is 80.0 Å². The average Bonchev–Trinajstić information content (AvgIpc) is 3.35. The number of fused-ring (bicyclic) bond motifs is 5. The molecule has 2 aromatic heterocycles. The number of halogens is 1. The third-order valence-corrected chi connectivity index (χ3v) is 8.14. The molecule has 7 nitrogen and oxygen atoms in total. The van der Waals surface area contributed by atoms with Gasteiger partial charge in [0.1, 0.15) is 18.2 Å². The zero-order valence-corrected chi connectivity index (χ0v) is 23.4. The van der Waals surface area contributed by atoms with E-state index < -0.39 is 5.97 Å². The van der Waals surface area contributed by atoms with Crippen molar-refractivity contribution in [1.82, 2.24) is 14.6 Å². The number of aromatic nitrogens is 3. The van der Waals surface area contributed by atoms with E-state index in [0.29, 0.717) is 28.5 Å². The van der Waals surface area contributed by atoms with Gasteiger partial charge in [-0.2, -0.15) is 9.61 Å². The van der Waals surface area contributed by atoms with E-state index >= 15 is 0 Å². The normalized spacial score (nSPS) is 17.9. The molecule has 6 bridgehead atoms. The molecule has 40 heavy (non-hydrogen) atoms. The van der Waals surface area contributed by atoms with Gasteiger partial charge in [0.25, 0.3) is 0 Å². The minimum absolute atomic E-state index is 0.0382. The lowest BCUT2D eigenvalue weighted by Crippen LogP contribution is -2.39. The molecule has 1 saturated heterocycles. The van der Waals surface area contributed by atoms with Gasteiger partial charge in [0.2, 0.25) is 0 Å². The zero-order valence-electron chi connectivity index (χ0n) is 22.6. The Labute approximate surface area is 238 Å². The van der Waals surface area contributed by atoms with Gasteiger partial charge in [-0.15, -0.1) is 0 Å². The highest BCUT2D eigenvalue weighted by atomic mass is 35.5. The van der Waals surface area contributed by atoms with E-state index in [0.717, 1.165) is 59.9 Å². The monoisotopic (exact) mass is 554 g/mol. The number of aryl methyl sites for hydroxylation is 1. The van der Waals surface area contributed by atoms with Crippen LogP contribution in [0.3, 0.4) is 0 Å². The highest BCUT2D eigenvalue weighted by Crippen LogP contribution is 2.38. The van der Waals surface area contributed by atoms with Gasteiger partial charge in [0.15, 0.2) is 5.65 Å². The van der Waals surface area contributed by atoms with Gasteiger partial charge in [0.05, 0.1) is 12.1 Å². The van der Waals surface area contributed by atoms with Crippen molar-refractivity contribution in [1.29, 1.82) is 0 Å². The van der Waals surface area contributed by atoms with Crippen LogP contribution in [0.2, 0.25) is 5.02 Å². The molecule has 7 rings (SSSR count). The van der Waals surface area contributed by atoms with E-state index in [-0.39, 0.29) is 11.8 Å². The second kappa shape index (κ2) is 10.5. The summed E-state index contributed by atoms with van der Waals surface area (Å²) >= 11 is 6.40. The summed E-state index contributed by atoms with van der Waals surface area (Å²) in [5.74, 6) is 0.688. The van der Waals surface area contributed by atoms with Crippen LogP contribution >= 0.6 is 11.6 Å². The summed E-state index contributed by atoms with van der Waals surface area (Å²) in [5, 5.41) is 15.4. The first-order chi connectivity index (χ1) is 19.3. The van der Waals surface area contributed by atoms with Gasteiger partial charge >= 0.3 is 5.97 Å². The lowest BCUT2D eigenvalue weighted by molar-refractivity contribution is -0.136. The molecule has 0 radical (unpaired) electrons. The first kappa shape index (κ1) is 26.1. The number of allylic oxidation sites excluding steroid dienone is 3. The van der Waals surface area contributed by atoms with Crippen molar-refractivity contribution < 1.29 is 14.6 Å². The van der Waals surface area contributed by atoms with Gasteiger partial charge in [-0.05, 0) is 61.1 Å². The fraction of sp³-hybridized carbons (Fsp3) is 0.281. The zero-order chi connectivity index (χ0) is 27.9. The first-order valence-electron chi connectivity index (χ1n) is 13.5. The van der Waals surface area contributed by atoms with Gasteiger partial charge < -0.3 is 14.7 Å². The maximum Gasteiger partial charge on any atom is 0.308 e. The van der Waals surface area contributed by atoms with E-state index in [1.807, 2.05) is 66.1 Å². The molecule has 0 amide bonds. The van der Waals surface area contributed by atoms with Crippen molar-refractivity contribution in [3.8, 4) is 28.1 Å². The Kier molecular flexibility index (Phi) is 6.84. The molecule has 0 atom stereocenters. The number of nitrogens with zero attached hydrogens (tertiary/aromatic N) is 4. The van der Waals surface area contributed by atoms with Crippen molar-refractivity contribution in [3.05, 3.63) is 89.1 Å². The number of carboxylic acid groups (broad SMARTS) is 1. The quantitative estimate of drug-likeness (QED) is 0.295. The molecule has 2 aromatic carbocycles. The molecule has 204 valence electrons. The Balaban J connectivity index is 1.55. The van der Waals surface area contributed by atoms with Crippen LogP contribution in [0.5, 0.6) is 5.75 Å². The lowest BCUT2D eigenvalue weighted by atomic mass is 9.80. The number of hydrogen-bond acceptors (Lipinski definition) is 5. The number of carboxylic acids is 1. The second-order valence-corrected chi connectivity index (χ2v) is 11.3. The van der Waals surface area contributed by atoms with E-state index in [1.54, 1.807) is 0 Å². The summed E-state index contributed by atoms with van der Waals surface area (Å²) in [4.78, 5) is 18.9. The van der Waals surface area contributed by atoms with Gasteiger partial charge in [-0.3, -0.25) is 4.79 Å². The molecule has 1 N–H and O–H groups in total. The smallest absolute Gasteiger partial charge is 0.308 e. The van der Waals surface area contributed by atoms with Crippen LogP contribution < -0.4 is 9.64 Å². The predicted octanol–water partition coefficient (Wildman–Crippen LogP) is 6.76. The highest BCUT2D eigenvalue weighted by Gasteiger charge is 2.31. The van der Waals surface area contributed by atoms with Crippen LogP contribution in [-0.2, 0) is 11.2 Å². The number of piperidine rings is 1. The molecule has 5 heterocycles. The van der Waals surface area contributed by atoms with Crippen LogP contribution in [0.1, 0.15) is 31.0 Å². The summed E-state index contributed by atoms with van der Waals surface area (Å²) in [6.45, 7) is 6.18. The summed E-state index contributed by atoms with van der Waals surface area (Å²) < 4.78 is 7.99. The molecule has 0 unspecified atom stereocenters. The Bertz CT molecular complexity index is 1660. The van der Waals surface area contributed by atoms with Gasteiger partial charge in [-0.1, -0.05) is 55.0 Å². The molecule has 8 heteroatoms. The number of rotatable bonds is 2. The Morgan fingerprint density at radius 1 is 1.10 bits per heavy atom. The summed E-state index contributed by atoms with van der Waals surface area (Å²) in [5.41, 5.74) is 5.69. The number of carbonyl (C=O) groups is 1. The third kappa shape index (κ3) is 5.09. The van der Waals surface area contributed by atoms with Crippen molar-refractivity contribution >= 4 is 29.0 Å². The second-order valence-electron chi connectivity index (χ2n) is 10.8. The molecule has 0 aliphatic carbocycles. The number of benzene rings is 2. The Hall–Kier alpha value is -4.10. The van der Waals surface area contributed by atoms with E-state index in [2.05, 4.69) is 30.0 Å². The van der Waals surface area contributed by atoms with Gasteiger partial charge in [-0.25, -0.2) is 4.98 Å². The fourth-order valence-electron chi connectivity index (χ4n) is 5.62. The fourth-order valence-corrected chi connectivity index (χ4v) is 5.79. The van der Waals surface area contributed by atoms with Crippen LogP contribution in [-0.4, -0.2) is 45.4 Å². The molecule has 0 saturated carbocycles. The maximum absolute atomic E-state index is 11.9. The summed E-state index contributed by atoms with van der Waals surface area (Å²) in [6, 6.07) is 15.7. The molecule has 1 fully saturated rings. The first-order valence-corrected chi connectivity index (χ1v) is 13.9. The number of aliphatic carboxylic acids is 1. The summed E-state index contributed by atoms with van der Waals surface area (Å²) in [6.07, 6.45) is 10.2. The van der Waals surface area contributed by atoms with Crippen molar-refractivity contribution in [3.63, 3.8) is 0 Å². The SMILES string of the molecule is Cc1nc2cc3nn2c(c1CC(=O)O)N1CCC(C)(/C=C/C=C/COc2ccc(Cl)cc2-c2cccc-3c2)CC1. The maximum atomic E-state index is 11.9. The molecule has 3 aliphatic rings. The standard InChI is InChI=1S/C32H31ClN4O3/c1-21-25(19-30(38)39)31-36-14-12-32(2,13-15-36)11-4-3-5-16-40-28-10-9-24(33)18-26(28)22-7-6-8-23(17-22)27-20-29(34-21)37(31)35-27/h3-11,17-18,20H,12-16,19H2,1-2H3,(H,38,39)/b5-3+,11-4+. The largest absolute Gasteiger partial charge is 0.489 e. The van der Waals surface area contributed by atoms with Crippen molar-refractivity contribution in [2.75, 3.05) is 24.6 Å². The molecular formula is C32H31ClN4O3. The number of ether oxygens (including phenoxy) is 1. The van der Waals surface area contributed by atoms with Crippen LogP contribution in [0.25, 0.3) is 28.0 Å². The van der Waals surface area contributed by atoms with Crippen molar-refractivity contribution in [2.24, 2.45) is 5.41 Å². The van der Waals surface area contributed by atoms with E-state index in [1.165, 1.54) is 0 Å². The minimum Gasteiger partial charge on any atom is -0.489 e. The Morgan fingerprint density at radius 3 is 2.70 bits per heavy atom. The molecule has 4 aromatic rings. The third-order valence-electron chi connectivity index (χ3n) is 7.91.